The maximum atomic E-state index is 12.9. The van der Waals surface area contributed by atoms with Gasteiger partial charge < -0.3 is 14.9 Å². The second kappa shape index (κ2) is 42.5. The molecule has 0 spiro atoms. The van der Waals surface area contributed by atoms with Crippen molar-refractivity contribution in [2.75, 3.05) is 26.4 Å². The lowest BCUT2D eigenvalue weighted by molar-refractivity contribution is -0.146. The number of allylic oxidation sites excluding steroid dienone is 1. The van der Waals surface area contributed by atoms with Gasteiger partial charge in [0, 0.05) is 44.6 Å². The molecule has 2 N–H and O–H groups in total. The summed E-state index contributed by atoms with van der Waals surface area (Å²) in [4.78, 5) is 47.4. The van der Waals surface area contributed by atoms with Crippen molar-refractivity contribution in [3.8, 4) is 0 Å². The third-order valence-electron chi connectivity index (χ3n) is 10.7. The zero-order valence-electron chi connectivity index (χ0n) is 37.1. The predicted octanol–water partition coefficient (Wildman–Crippen LogP) is 13.6. The number of ether oxygens (including phenoxy) is 1. The van der Waals surface area contributed by atoms with Gasteiger partial charge in [-0.2, -0.15) is 0 Å². The van der Waals surface area contributed by atoms with Crippen LogP contribution in [0, 0.1) is 12.5 Å². The van der Waals surface area contributed by atoms with Crippen molar-refractivity contribution in [3.63, 3.8) is 0 Å². The number of amides is 1. The highest BCUT2D eigenvalue weighted by atomic mass is 31.2. The van der Waals surface area contributed by atoms with Gasteiger partial charge in [0.2, 0.25) is 12.5 Å². The van der Waals surface area contributed by atoms with Crippen LogP contribution in [0.1, 0.15) is 239 Å². The fourth-order valence-electron chi connectivity index (χ4n) is 7.10. The molecule has 0 aliphatic rings. The average molecular weight is 827 g/mol. The van der Waals surface area contributed by atoms with Gasteiger partial charge in [0.15, 0.2) is 6.08 Å². The summed E-state index contributed by atoms with van der Waals surface area (Å²) in [6.45, 7) is 9.31. The summed E-state index contributed by atoms with van der Waals surface area (Å²) in [5.74, 6) is -1.10. The molecule has 0 saturated carbocycles. The van der Waals surface area contributed by atoms with Crippen molar-refractivity contribution < 1.29 is 37.6 Å². The Kier molecular flexibility index (Phi) is 41.3. The molecule has 0 aromatic carbocycles. The first-order chi connectivity index (χ1) is 27.7. The topological polar surface area (TPSA) is 128 Å². The molecule has 0 saturated heterocycles. The summed E-state index contributed by atoms with van der Waals surface area (Å²) in [6, 6.07) is 0. The molecule has 0 aliphatic carbocycles. The summed E-state index contributed by atoms with van der Waals surface area (Å²) < 4.78 is 28.3. The Labute approximate surface area is 351 Å². The Morgan fingerprint density at radius 3 is 1.40 bits per heavy atom. The van der Waals surface area contributed by atoms with Crippen molar-refractivity contribution in [2.24, 2.45) is 5.92 Å². The first kappa shape index (κ1) is 55.4. The maximum absolute atomic E-state index is 12.9. The van der Waals surface area contributed by atoms with Gasteiger partial charge in [0.25, 0.3) is 0 Å². The van der Waals surface area contributed by atoms with Crippen LogP contribution < -0.4 is 5.32 Å². The number of nitrogens with one attached hydrogen (secondary N) is 1. The van der Waals surface area contributed by atoms with Gasteiger partial charge in [-0.05, 0) is 12.8 Å². The predicted molar refractivity (Wildman–Crippen MR) is 236 cm³/mol. The number of phosphoric acid groups is 1. The van der Waals surface area contributed by atoms with Gasteiger partial charge in [-0.15, -0.1) is 0 Å². The largest absolute Gasteiger partial charge is 0.472 e. The number of hydrogen-bond donors (Lipinski definition) is 2. The van der Waals surface area contributed by atoms with Gasteiger partial charge >= 0.3 is 13.8 Å². The minimum atomic E-state index is -4.45. The van der Waals surface area contributed by atoms with E-state index < -0.39 is 13.7 Å². The van der Waals surface area contributed by atoms with E-state index in [9.17, 15) is 23.8 Å². The van der Waals surface area contributed by atoms with Crippen molar-refractivity contribution in [3.05, 3.63) is 12.7 Å². The smallest absolute Gasteiger partial charge is 0.465 e. The number of carbonyl (C=O) groups excluding carboxylic acids is 3. The average Bonchev–Trinajstić information content (AvgIpc) is 3.19. The van der Waals surface area contributed by atoms with Crippen LogP contribution in [-0.2, 0) is 32.7 Å². The lowest BCUT2D eigenvalue weighted by Crippen LogP contribution is -2.26. The highest BCUT2D eigenvalue weighted by molar-refractivity contribution is 7.47. The number of carbonyl (C=O) groups is 3. The molecular weight excluding hydrogens is 737 g/mol. The highest BCUT2D eigenvalue weighted by Gasteiger charge is 2.25. The molecule has 0 fully saturated rings. The van der Waals surface area contributed by atoms with E-state index >= 15 is 0 Å². The van der Waals surface area contributed by atoms with Gasteiger partial charge in [-0.3, -0.25) is 23.4 Å². The van der Waals surface area contributed by atoms with E-state index in [4.69, 9.17) is 20.4 Å². The normalized spacial score (nSPS) is 12.9. The Balaban J connectivity index is 4.40. The van der Waals surface area contributed by atoms with Gasteiger partial charge in [-0.25, -0.2) is 4.57 Å². The molecule has 57 heavy (non-hydrogen) atoms. The summed E-state index contributed by atoms with van der Waals surface area (Å²) in [7, 11) is -4.45. The van der Waals surface area contributed by atoms with E-state index in [2.05, 4.69) is 19.2 Å². The number of esters is 1. The number of unbranched alkanes of at least 4 members (excludes halogenated alkanes) is 28. The van der Waals surface area contributed by atoms with Crippen LogP contribution in [0.5, 0.6) is 0 Å². The summed E-state index contributed by atoms with van der Waals surface area (Å²) >= 11 is 0. The summed E-state index contributed by atoms with van der Waals surface area (Å²) in [6.07, 6.45) is 40.5. The maximum Gasteiger partial charge on any atom is 0.472 e. The third-order valence-corrected chi connectivity index (χ3v) is 11.7. The first-order valence-electron chi connectivity index (χ1n) is 23.8. The highest BCUT2D eigenvalue weighted by Crippen LogP contribution is 2.43. The zero-order chi connectivity index (χ0) is 41.9. The SMILES string of the molecule is [CH+]=CCCC(=O)NCCOP(=O)(O)OCC(COC(=O)CCCCCCCCCCCCCCCCC)CC(=O)CCCCCCCCCCCCCCCCC. The second-order valence-corrected chi connectivity index (χ2v) is 17.9. The first-order valence-corrected chi connectivity index (χ1v) is 25.3. The van der Waals surface area contributed by atoms with Gasteiger partial charge in [0.1, 0.15) is 5.78 Å². The van der Waals surface area contributed by atoms with Crippen LogP contribution >= 0.6 is 7.82 Å². The molecule has 334 valence electrons. The van der Waals surface area contributed by atoms with Crippen LogP contribution in [0.15, 0.2) is 6.08 Å². The molecule has 0 aromatic heterocycles. The van der Waals surface area contributed by atoms with Gasteiger partial charge in [0.05, 0.1) is 19.8 Å². The van der Waals surface area contributed by atoms with Gasteiger partial charge in [-0.1, -0.05) is 194 Å². The molecule has 2 unspecified atom stereocenters. The monoisotopic (exact) mass is 827 g/mol. The molecule has 0 rings (SSSR count). The molecule has 0 bridgehead atoms. The third kappa shape index (κ3) is 42.3. The Bertz CT molecular complexity index is 992. The van der Waals surface area contributed by atoms with E-state index in [1.54, 1.807) is 0 Å². The number of hydrogen-bond acceptors (Lipinski definition) is 7. The number of rotatable bonds is 46. The van der Waals surface area contributed by atoms with Crippen molar-refractivity contribution in [2.45, 2.75) is 239 Å². The molecule has 9 nitrogen and oxygen atoms in total. The minimum Gasteiger partial charge on any atom is -0.465 e. The standard InChI is InChI=1S/C47H88NO8P/c1-4-7-10-12-14-16-18-20-22-24-26-28-30-32-34-36-45(49)41-44(43-56-57(52,53)55-40-39-48-46(50)37-9-6-3)42-54-47(51)38-35-33-31-29-27-25-23-21-19-17-15-13-11-8-5-2/h3,6,44H,4-5,7-43H2,1-2H3,(H-,48,50,52,53)/p+1. The quantitative estimate of drug-likeness (QED) is 0.0269. The van der Waals surface area contributed by atoms with Crippen LogP contribution in [0.25, 0.3) is 0 Å². The van der Waals surface area contributed by atoms with Crippen molar-refractivity contribution >= 4 is 25.5 Å². The summed E-state index contributed by atoms with van der Waals surface area (Å²) in [5, 5.41) is 2.59. The van der Waals surface area contributed by atoms with E-state index in [0.717, 1.165) is 38.5 Å². The Morgan fingerprint density at radius 2 is 0.982 bits per heavy atom. The number of phosphoric ester groups is 1. The fraction of sp³-hybridized carbons (Fsp3) is 0.894. The van der Waals surface area contributed by atoms with Crippen LogP contribution in [0.4, 0.5) is 0 Å². The fourth-order valence-corrected chi connectivity index (χ4v) is 7.89. The van der Waals surface area contributed by atoms with E-state index in [-0.39, 0.29) is 56.9 Å². The lowest BCUT2D eigenvalue weighted by Gasteiger charge is -2.19. The molecule has 0 radical (unpaired) electrons. The van der Waals surface area contributed by atoms with E-state index in [1.165, 1.54) is 160 Å². The van der Waals surface area contributed by atoms with E-state index in [1.807, 2.05) is 0 Å². The number of ketones is 1. The lowest BCUT2D eigenvalue weighted by atomic mass is 9.99. The van der Waals surface area contributed by atoms with Crippen LogP contribution in [0.2, 0.25) is 0 Å². The molecule has 0 heterocycles. The summed E-state index contributed by atoms with van der Waals surface area (Å²) in [5.41, 5.74) is 0. The zero-order valence-corrected chi connectivity index (χ0v) is 38.0. The Morgan fingerprint density at radius 1 is 0.579 bits per heavy atom. The number of Topliss-reactive ketones (excluding diaryl/α,β-unsaturated/α-hetero) is 1. The molecule has 1 amide bonds. The van der Waals surface area contributed by atoms with Crippen LogP contribution in [-0.4, -0.2) is 48.9 Å². The molecule has 0 aliphatic heterocycles. The molecule has 0 aromatic rings. The van der Waals surface area contributed by atoms with Crippen LogP contribution in [0.3, 0.4) is 0 Å². The minimum absolute atomic E-state index is 0.0304. The van der Waals surface area contributed by atoms with Crippen molar-refractivity contribution in [1.29, 1.82) is 0 Å². The second-order valence-electron chi connectivity index (χ2n) is 16.4. The molecular formula is C47H89NO8P+. The van der Waals surface area contributed by atoms with E-state index in [0.29, 0.717) is 19.3 Å². The molecule has 2 atom stereocenters. The Hall–Kier alpha value is -1.63. The molecule has 10 heteroatoms. The van der Waals surface area contributed by atoms with Crippen molar-refractivity contribution in [1.82, 2.24) is 5.32 Å².